The number of aromatic nitrogens is 5. The van der Waals surface area contributed by atoms with Gasteiger partial charge in [0.1, 0.15) is 33.1 Å². The Morgan fingerprint density at radius 1 is 1.02 bits per heavy atom. The summed E-state index contributed by atoms with van der Waals surface area (Å²) in [5.74, 6) is 4.24. The van der Waals surface area contributed by atoms with E-state index in [9.17, 15) is 13.2 Å². The highest BCUT2D eigenvalue weighted by molar-refractivity contribution is 7.90. The van der Waals surface area contributed by atoms with E-state index in [4.69, 9.17) is 9.72 Å². The van der Waals surface area contributed by atoms with Crippen LogP contribution in [0.1, 0.15) is 43.8 Å². The molecular weight excluding hydrogens is 540 g/mol. The van der Waals surface area contributed by atoms with Crippen LogP contribution in [0, 0.1) is 11.8 Å². The van der Waals surface area contributed by atoms with Crippen molar-refractivity contribution in [2.45, 2.75) is 51.6 Å². The second-order valence-corrected chi connectivity index (χ2v) is 13.5. The molecule has 1 fully saturated rings. The summed E-state index contributed by atoms with van der Waals surface area (Å²) in [6.07, 6.45) is 13.9. The number of fused-ring (bicyclic) bond motifs is 2. The normalized spacial score (nSPS) is 19.3. The lowest BCUT2D eigenvalue weighted by molar-refractivity contribution is -0.138. The quantitative estimate of drug-likeness (QED) is 0.279. The zero-order valence-corrected chi connectivity index (χ0v) is 24.2. The summed E-state index contributed by atoms with van der Waals surface area (Å²) in [6.45, 7) is 2.53. The van der Waals surface area contributed by atoms with E-state index in [-0.39, 0.29) is 17.6 Å². The number of nitrogens with zero attached hydrogens (tertiary/aromatic N) is 6. The molecule has 216 valence electrons. The van der Waals surface area contributed by atoms with Gasteiger partial charge in [-0.25, -0.2) is 23.4 Å². The molecule has 0 atom stereocenters. The molecule has 0 bridgehead atoms. The van der Waals surface area contributed by atoms with Crippen LogP contribution in [0.2, 0.25) is 0 Å². The average Bonchev–Trinajstić information content (AvgIpc) is 3.62. The van der Waals surface area contributed by atoms with Gasteiger partial charge in [0.2, 0.25) is 5.91 Å². The Bertz CT molecular complexity index is 1640. The number of sulfone groups is 1. The third-order valence-corrected chi connectivity index (χ3v) is 9.30. The van der Waals surface area contributed by atoms with E-state index >= 15 is 0 Å². The first-order valence-electron chi connectivity index (χ1n) is 14.4. The van der Waals surface area contributed by atoms with Gasteiger partial charge in [0.25, 0.3) is 0 Å². The minimum absolute atomic E-state index is 0.0917. The molecule has 0 N–H and O–H groups in total. The van der Waals surface area contributed by atoms with E-state index in [0.29, 0.717) is 25.5 Å². The van der Waals surface area contributed by atoms with Gasteiger partial charge in [0.05, 0.1) is 24.4 Å². The van der Waals surface area contributed by atoms with Crippen LogP contribution >= 0.6 is 0 Å². The van der Waals surface area contributed by atoms with Crippen LogP contribution in [-0.4, -0.2) is 68.5 Å². The van der Waals surface area contributed by atoms with Gasteiger partial charge < -0.3 is 18.8 Å². The molecule has 11 heteroatoms. The predicted molar refractivity (Wildman–Crippen MR) is 155 cm³/mol. The van der Waals surface area contributed by atoms with Crippen LogP contribution in [0.4, 0.5) is 0 Å². The van der Waals surface area contributed by atoms with E-state index in [1.54, 1.807) is 0 Å². The standard InChI is InChI=1S/C30H36N6O4S/c1-41(38,39)19-3-18-40-26-5-2-4-25-24(26)11-14-36(25)28-10-12-31-27(33-28)20-22-6-8-23(9-7-22)30(37)35-17-16-34-15-13-32-29(34)21-35/h2,4-5,10-15,22-23H,3,6-9,16-21H2,1H3. The Balaban J connectivity index is 1.06. The topological polar surface area (TPSA) is 112 Å². The van der Waals surface area contributed by atoms with Crippen molar-refractivity contribution in [3.63, 3.8) is 0 Å². The molecule has 10 nitrogen and oxygen atoms in total. The van der Waals surface area contributed by atoms with Crippen LogP contribution in [0.15, 0.2) is 55.1 Å². The molecule has 4 aromatic rings. The van der Waals surface area contributed by atoms with Gasteiger partial charge in [-0.3, -0.25) is 4.79 Å². The van der Waals surface area contributed by atoms with Crippen molar-refractivity contribution in [2.24, 2.45) is 11.8 Å². The Morgan fingerprint density at radius 2 is 1.88 bits per heavy atom. The molecule has 41 heavy (non-hydrogen) atoms. The summed E-state index contributed by atoms with van der Waals surface area (Å²) in [5, 5.41) is 0.952. The van der Waals surface area contributed by atoms with Crippen molar-refractivity contribution >= 4 is 26.6 Å². The molecule has 0 spiro atoms. The third kappa shape index (κ3) is 6.29. The van der Waals surface area contributed by atoms with Crippen LogP contribution in [0.25, 0.3) is 16.7 Å². The second-order valence-electron chi connectivity index (χ2n) is 11.3. The number of ether oxygens (including phenoxy) is 1. The van der Waals surface area contributed by atoms with Crippen LogP contribution in [0.5, 0.6) is 5.75 Å². The van der Waals surface area contributed by atoms with Gasteiger partial charge in [-0.2, -0.15) is 0 Å². The number of carbonyl (C=O) groups is 1. The Morgan fingerprint density at radius 3 is 2.71 bits per heavy atom. The lowest BCUT2D eigenvalue weighted by Gasteiger charge is -2.34. The van der Waals surface area contributed by atoms with Gasteiger partial charge >= 0.3 is 0 Å². The Kier molecular flexibility index (Phi) is 7.79. The highest BCUT2D eigenvalue weighted by Gasteiger charge is 2.31. The molecule has 1 aliphatic heterocycles. The maximum absolute atomic E-state index is 13.2. The van der Waals surface area contributed by atoms with Gasteiger partial charge in [-0.1, -0.05) is 6.07 Å². The number of rotatable bonds is 9. The molecule has 3 aromatic heterocycles. The van der Waals surface area contributed by atoms with Crippen LogP contribution in [-0.2, 0) is 34.1 Å². The van der Waals surface area contributed by atoms with Gasteiger partial charge in [-0.15, -0.1) is 0 Å². The van der Waals surface area contributed by atoms with E-state index in [0.717, 1.165) is 79.3 Å². The average molecular weight is 577 g/mol. The fourth-order valence-corrected chi connectivity index (χ4v) is 6.72. The summed E-state index contributed by atoms with van der Waals surface area (Å²) in [5.41, 5.74) is 0.967. The SMILES string of the molecule is CS(=O)(=O)CCCOc1cccc2c1ccn2-c1ccnc(CC2CCC(C(=O)N3CCn4ccnc4C3)CC2)n1. The first-order chi connectivity index (χ1) is 19.8. The molecule has 1 aromatic carbocycles. The third-order valence-electron chi connectivity index (χ3n) is 8.27. The number of amides is 1. The maximum atomic E-state index is 13.2. The van der Waals surface area contributed by atoms with Gasteiger partial charge in [0, 0.05) is 61.9 Å². The largest absolute Gasteiger partial charge is 0.493 e. The first-order valence-corrected chi connectivity index (χ1v) is 16.4. The molecule has 1 saturated carbocycles. The number of imidazole rings is 1. The fourth-order valence-electron chi connectivity index (χ4n) is 6.08. The maximum Gasteiger partial charge on any atom is 0.226 e. The van der Waals surface area contributed by atoms with Crippen molar-refractivity contribution in [3.8, 4) is 11.6 Å². The van der Waals surface area contributed by atoms with Crippen molar-refractivity contribution in [1.82, 2.24) is 29.0 Å². The highest BCUT2D eigenvalue weighted by atomic mass is 32.2. The molecular formula is C30H36N6O4S. The highest BCUT2D eigenvalue weighted by Crippen LogP contribution is 2.33. The van der Waals surface area contributed by atoms with E-state index in [1.165, 1.54) is 6.26 Å². The Hall–Kier alpha value is -3.73. The predicted octanol–water partition coefficient (Wildman–Crippen LogP) is 3.82. The minimum Gasteiger partial charge on any atom is -0.493 e. The fraction of sp³-hybridized carbons (Fsp3) is 0.467. The zero-order valence-electron chi connectivity index (χ0n) is 23.4. The molecule has 4 heterocycles. The van der Waals surface area contributed by atoms with E-state index in [2.05, 4.69) is 14.5 Å². The molecule has 1 aliphatic carbocycles. The molecule has 6 rings (SSSR count). The van der Waals surface area contributed by atoms with Gasteiger partial charge in [-0.05, 0) is 62.3 Å². The molecule has 2 aliphatic rings. The smallest absolute Gasteiger partial charge is 0.226 e. The summed E-state index contributed by atoms with van der Waals surface area (Å²) < 4.78 is 32.9. The zero-order chi connectivity index (χ0) is 28.4. The molecule has 0 unspecified atom stereocenters. The molecule has 1 amide bonds. The lowest BCUT2D eigenvalue weighted by atomic mass is 9.79. The number of carbonyl (C=O) groups excluding carboxylic acids is 1. The Labute approximate surface area is 240 Å². The van der Waals surface area contributed by atoms with Crippen LogP contribution in [0.3, 0.4) is 0 Å². The van der Waals surface area contributed by atoms with Crippen molar-refractivity contribution in [1.29, 1.82) is 0 Å². The summed E-state index contributed by atoms with van der Waals surface area (Å²) in [6, 6.07) is 9.76. The number of hydrogen-bond donors (Lipinski definition) is 0. The molecule has 0 saturated heterocycles. The van der Waals surface area contributed by atoms with Crippen molar-refractivity contribution in [3.05, 3.63) is 66.8 Å². The van der Waals surface area contributed by atoms with E-state index < -0.39 is 9.84 Å². The second kappa shape index (κ2) is 11.6. The number of hydrogen-bond acceptors (Lipinski definition) is 7. The van der Waals surface area contributed by atoms with E-state index in [1.807, 2.05) is 64.6 Å². The lowest BCUT2D eigenvalue weighted by Crippen LogP contribution is -2.42. The van der Waals surface area contributed by atoms with Crippen molar-refractivity contribution in [2.75, 3.05) is 25.2 Å². The molecule has 0 radical (unpaired) electrons. The monoisotopic (exact) mass is 576 g/mol. The number of benzene rings is 1. The van der Waals surface area contributed by atoms with Crippen molar-refractivity contribution < 1.29 is 17.9 Å². The minimum atomic E-state index is -3.00. The van der Waals surface area contributed by atoms with Crippen LogP contribution < -0.4 is 4.74 Å². The first kappa shape index (κ1) is 27.4. The summed E-state index contributed by atoms with van der Waals surface area (Å²) in [7, 11) is -3.00. The van der Waals surface area contributed by atoms with Gasteiger partial charge in [0.15, 0.2) is 0 Å². The summed E-state index contributed by atoms with van der Waals surface area (Å²) in [4.78, 5) is 29.0. The summed E-state index contributed by atoms with van der Waals surface area (Å²) >= 11 is 0.